The molecule has 1 amide bonds. The molecule has 0 aromatic heterocycles. The van der Waals surface area contributed by atoms with Crippen LogP contribution in [0.3, 0.4) is 0 Å². The van der Waals surface area contributed by atoms with Crippen molar-refractivity contribution in [1.29, 1.82) is 0 Å². The third kappa shape index (κ3) is 3.03. The Bertz CT molecular complexity index is 399. The summed E-state index contributed by atoms with van der Waals surface area (Å²) in [5.41, 5.74) is 1.05. The minimum atomic E-state index is 0.243. The molecular weight excluding hydrogens is 226 g/mol. The number of rotatable bonds is 3. The highest BCUT2D eigenvalue weighted by Gasteiger charge is 2.22. The van der Waals surface area contributed by atoms with Crippen LogP contribution in [-0.4, -0.2) is 30.5 Å². The third-order valence-electron chi connectivity index (χ3n) is 3.64. The fourth-order valence-electron chi connectivity index (χ4n) is 2.49. The molecule has 0 N–H and O–H groups in total. The lowest BCUT2D eigenvalue weighted by Crippen LogP contribution is -2.42. The number of nitrogens with zero attached hydrogens (tertiary/aromatic N) is 1. The monoisotopic (exact) mass is 247 g/mol. The second-order valence-corrected chi connectivity index (χ2v) is 4.96. The van der Waals surface area contributed by atoms with Gasteiger partial charge in [-0.25, -0.2) is 0 Å². The Labute approximate surface area is 109 Å². The zero-order valence-corrected chi connectivity index (χ0v) is 11.2. The smallest absolute Gasteiger partial charge is 0.227 e. The number of methoxy groups -OCH3 is 1. The van der Waals surface area contributed by atoms with Gasteiger partial charge in [-0.1, -0.05) is 12.1 Å². The molecule has 1 aromatic rings. The molecule has 1 fully saturated rings. The SMILES string of the molecule is COc1ccc(CC(=O)N2CCCC[C@@H]2C)cc1. The number of amides is 1. The molecule has 1 aliphatic rings. The van der Waals surface area contributed by atoms with Crippen LogP contribution in [0.4, 0.5) is 0 Å². The fourth-order valence-corrected chi connectivity index (χ4v) is 2.49. The largest absolute Gasteiger partial charge is 0.497 e. The van der Waals surface area contributed by atoms with Crippen LogP contribution in [0.25, 0.3) is 0 Å². The summed E-state index contributed by atoms with van der Waals surface area (Å²) in [4.78, 5) is 14.2. The molecule has 1 saturated heterocycles. The standard InChI is InChI=1S/C15H21NO2/c1-12-5-3-4-10-16(12)15(17)11-13-6-8-14(18-2)9-7-13/h6-9,12H,3-5,10-11H2,1-2H3/t12-/m0/s1. The first-order chi connectivity index (χ1) is 8.70. The molecule has 0 radical (unpaired) electrons. The highest BCUT2D eigenvalue weighted by molar-refractivity contribution is 5.79. The molecular formula is C15H21NO2. The van der Waals surface area contributed by atoms with E-state index in [2.05, 4.69) is 6.92 Å². The summed E-state index contributed by atoms with van der Waals surface area (Å²) in [5, 5.41) is 0. The van der Waals surface area contributed by atoms with E-state index in [1.807, 2.05) is 29.2 Å². The number of carbonyl (C=O) groups excluding carboxylic acids is 1. The maximum Gasteiger partial charge on any atom is 0.227 e. The van der Waals surface area contributed by atoms with Crippen LogP contribution in [0.5, 0.6) is 5.75 Å². The number of likely N-dealkylation sites (tertiary alicyclic amines) is 1. The summed E-state index contributed by atoms with van der Waals surface area (Å²) in [6.07, 6.45) is 4.01. The summed E-state index contributed by atoms with van der Waals surface area (Å²) in [6, 6.07) is 8.13. The summed E-state index contributed by atoms with van der Waals surface area (Å²) in [7, 11) is 1.65. The van der Waals surface area contributed by atoms with E-state index < -0.39 is 0 Å². The molecule has 1 aromatic carbocycles. The molecule has 0 spiro atoms. The molecule has 18 heavy (non-hydrogen) atoms. The van der Waals surface area contributed by atoms with Crippen molar-refractivity contribution < 1.29 is 9.53 Å². The van der Waals surface area contributed by atoms with Gasteiger partial charge in [0.1, 0.15) is 5.75 Å². The lowest BCUT2D eigenvalue weighted by Gasteiger charge is -2.33. The maximum absolute atomic E-state index is 12.2. The summed E-state index contributed by atoms with van der Waals surface area (Å²) in [5.74, 6) is 1.07. The maximum atomic E-state index is 12.2. The van der Waals surface area contributed by atoms with Gasteiger partial charge in [-0.2, -0.15) is 0 Å². The van der Waals surface area contributed by atoms with Crippen LogP contribution in [0, 0.1) is 0 Å². The third-order valence-corrected chi connectivity index (χ3v) is 3.64. The average Bonchev–Trinajstić information content (AvgIpc) is 2.40. The Kier molecular flexibility index (Phi) is 4.24. The van der Waals surface area contributed by atoms with Gasteiger partial charge >= 0.3 is 0 Å². The van der Waals surface area contributed by atoms with Crippen LogP contribution in [0.2, 0.25) is 0 Å². The molecule has 0 saturated carbocycles. The van der Waals surface area contributed by atoms with E-state index in [-0.39, 0.29) is 5.91 Å². The summed E-state index contributed by atoms with van der Waals surface area (Å²) >= 11 is 0. The lowest BCUT2D eigenvalue weighted by molar-refractivity contribution is -0.133. The number of ether oxygens (including phenoxy) is 1. The second kappa shape index (κ2) is 5.89. The Hall–Kier alpha value is -1.51. The van der Waals surface area contributed by atoms with Gasteiger partial charge in [-0.3, -0.25) is 4.79 Å². The van der Waals surface area contributed by atoms with Gasteiger partial charge in [-0.15, -0.1) is 0 Å². The highest BCUT2D eigenvalue weighted by atomic mass is 16.5. The van der Waals surface area contributed by atoms with Crippen molar-refractivity contribution >= 4 is 5.91 Å². The number of carbonyl (C=O) groups is 1. The molecule has 0 aliphatic carbocycles. The Morgan fingerprint density at radius 1 is 1.33 bits per heavy atom. The molecule has 1 atom stereocenters. The summed E-state index contributed by atoms with van der Waals surface area (Å²) in [6.45, 7) is 3.06. The molecule has 3 nitrogen and oxygen atoms in total. The van der Waals surface area contributed by atoms with E-state index in [0.29, 0.717) is 12.5 Å². The predicted molar refractivity (Wildman–Crippen MR) is 71.7 cm³/mol. The van der Waals surface area contributed by atoms with E-state index in [0.717, 1.165) is 30.7 Å². The molecule has 0 bridgehead atoms. The zero-order chi connectivity index (χ0) is 13.0. The van der Waals surface area contributed by atoms with Crippen molar-refractivity contribution in [1.82, 2.24) is 4.90 Å². The van der Waals surface area contributed by atoms with Gasteiger partial charge in [0.2, 0.25) is 5.91 Å². The van der Waals surface area contributed by atoms with Crippen molar-refractivity contribution in [3.63, 3.8) is 0 Å². The van der Waals surface area contributed by atoms with Crippen molar-refractivity contribution in [3.8, 4) is 5.75 Å². The van der Waals surface area contributed by atoms with Crippen LogP contribution in [-0.2, 0) is 11.2 Å². The normalized spacial score (nSPS) is 19.7. The van der Waals surface area contributed by atoms with E-state index in [4.69, 9.17) is 4.74 Å². The van der Waals surface area contributed by atoms with Gasteiger partial charge in [0, 0.05) is 12.6 Å². The van der Waals surface area contributed by atoms with E-state index in [9.17, 15) is 4.79 Å². The predicted octanol–water partition coefficient (Wildman–Crippen LogP) is 2.64. The number of benzene rings is 1. The molecule has 98 valence electrons. The molecule has 3 heteroatoms. The first-order valence-electron chi connectivity index (χ1n) is 6.63. The second-order valence-electron chi connectivity index (χ2n) is 4.96. The molecule has 1 heterocycles. The number of hydrogen-bond acceptors (Lipinski definition) is 2. The van der Waals surface area contributed by atoms with Gasteiger partial charge < -0.3 is 9.64 Å². The summed E-state index contributed by atoms with van der Waals surface area (Å²) < 4.78 is 5.11. The van der Waals surface area contributed by atoms with Crippen LogP contribution < -0.4 is 4.74 Å². The Morgan fingerprint density at radius 3 is 2.67 bits per heavy atom. The highest BCUT2D eigenvalue weighted by Crippen LogP contribution is 2.18. The van der Waals surface area contributed by atoms with Crippen molar-refractivity contribution in [3.05, 3.63) is 29.8 Å². The van der Waals surface area contributed by atoms with E-state index in [1.165, 1.54) is 6.42 Å². The number of piperidine rings is 1. The van der Waals surface area contributed by atoms with Gasteiger partial charge in [-0.05, 0) is 43.9 Å². The average molecular weight is 247 g/mol. The first-order valence-corrected chi connectivity index (χ1v) is 6.63. The van der Waals surface area contributed by atoms with E-state index >= 15 is 0 Å². The van der Waals surface area contributed by atoms with E-state index in [1.54, 1.807) is 7.11 Å². The Balaban J connectivity index is 1.97. The quantitative estimate of drug-likeness (QED) is 0.821. The van der Waals surface area contributed by atoms with Crippen LogP contribution >= 0.6 is 0 Å². The topological polar surface area (TPSA) is 29.5 Å². The first kappa shape index (κ1) is 12.9. The van der Waals surface area contributed by atoms with Gasteiger partial charge in [0.15, 0.2) is 0 Å². The molecule has 1 aliphatic heterocycles. The Morgan fingerprint density at radius 2 is 2.06 bits per heavy atom. The van der Waals surface area contributed by atoms with Gasteiger partial charge in [0.05, 0.1) is 13.5 Å². The zero-order valence-electron chi connectivity index (χ0n) is 11.2. The van der Waals surface area contributed by atoms with Gasteiger partial charge in [0.25, 0.3) is 0 Å². The number of hydrogen-bond donors (Lipinski definition) is 0. The minimum absolute atomic E-state index is 0.243. The molecule has 0 unspecified atom stereocenters. The van der Waals surface area contributed by atoms with Crippen LogP contribution in [0.15, 0.2) is 24.3 Å². The van der Waals surface area contributed by atoms with Crippen molar-refractivity contribution in [2.75, 3.05) is 13.7 Å². The minimum Gasteiger partial charge on any atom is -0.497 e. The van der Waals surface area contributed by atoms with Crippen molar-refractivity contribution in [2.24, 2.45) is 0 Å². The molecule has 2 rings (SSSR count). The lowest BCUT2D eigenvalue weighted by atomic mass is 10.0. The van der Waals surface area contributed by atoms with Crippen LogP contribution in [0.1, 0.15) is 31.7 Å². The fraction of sp³-hybridized carbons (Fsp3) is 0.533. The van der Waals surface area contributed by atoms with Crippen molar-refractivity contribution in [2.45, 2.75) is 38.6 Å².